The number of ether oxygens (including phenoxy) is 2. The molecular formula is C15H18N2O4. The number of hydrogen-bond acceptors (Lipinski definition) is 5. The van der Waals surface area contributed by atoms with E-state index in [4.69, 9.17) is 14.7 Å². The topological polar surface area (TPSA) is 88.4 Å². The molecular weight excluding hydrogens is 272 g/mol. The van der Waals surface area contributed by atoms with E-state index in [2.05, 4.69) is 5.32 Å². The summed E-state index contributed by atoms with van der Waals surface area (Å²) < 4.78 is 10.2. The Hall–Kier alpha value is -2.39. The molecule has 21 heavy (non-hydrogen) atoms. The molecule has 1 aromatic rings. The predicted molar refractivity (Wildman–Crippen MR) is 76.8 cm³/mol. The standard InChI is InChI=1S/C15H18N2O4/c1-5-20-15(3,4)14(19)17-13-7-6-12(21-10(2)18)8-11(13)9-16/h6-8H,5H2,1-4H3,(H,17,19). The van der Waals surface area contributed by atoms with Crippen LogP contribution in [0, 0.1) is 11.3 Å². The number of benzene rings is 1. The second-order valence-electron chi connectivity index (χ2n) is 4.81. The maximum absolute atomic E-state index is 12.1. The van der Waals surface area contributed by atoms with Crippen LogP contribution in [0.4, 0.5) is 5.69 Å². The Labute approximate surface area is 123 Å². The number of hydrogen-bond donors (Lipinski definition) is 1. The third-order valence-electron chi connectivity index (χ3n) is 2.67. The Kier molecular flexibility index (Phi) is 5.44. The highest BCUT2D eigenvalue weighted by Gasteiger charge is 2.28. The van der Waals surface area contributed by atoms with Crippen molar-refractivity contribution < 1.29 is 19.1 Å². The summed E-state index contributed by atoms with van der Waals surface area (Å²) in [7, 11) is 0. The van der Waals surface area contributed by atoms with Crippen LogP contribution >= 0.6 is 0 Å². The van der Waals surface area contributed by atoms with Crippen LogP contribution in [-0.4, -0.2) is 24.1 Å². The van der Waals surface area contributed by atoms with Crippen LogP contribution in [-0.2, 0) is 14.3 Å². The molecule has 1 N–H and O–H groups in total. The molecule has 0 atom stereocenters. The van der Waals surface area contributed by atoms with E-state index in [1.807, 2.05) is 6.07 Å². The van der Waals surface area contributed by atoms with E-state index in [9.17, 15) is 9.59 Å². The molecule has 0 radical (unpaired) electrons. The lowest BCUT2D eigenvalue weighted by atomic mass is 10.1. The molecule has 1 rings (SSSR count). The molecule has 0 unspecified atom stereocenters. The van der Waals surface area contributed by atoms with Gasteiger partial charge in [-0.1, -0.05) is 0 Å². The highest BCUT2D eigenvalue weighted by atomic mass is 16.5. The summed E-state index contributed by atoms with van der Waals surface area (Å²) >= 11 is 0. The summed E-state index contributed by atoms with van der Waals surface area (Å²) in [5.74, 6) is -0.588. The van der Waals surface area contributed by atoms with E-state index in [1.165, 1.54) is 25.1 Å². The van der Waals surface area contributed by atoms with Gasteiger partial charge < -0.3 is 14.8 Å². The van der Waals surface area contributed by atoms with Crippen molar-refractivity contribution in [2.24, 2.45) is 0 Å². The van der Waals surface area contributed by atoms with Crippen molar-refractivity contribution in [1.29, 1.82) is 5.26 Å². The molecule has 0 saturated heterocycles. The second-order valence-corrected chi connectivity index (χ2v) is 4.81. The largest absolute Gasteiger partial charge is 0.427 e. The van der Waals surface area contributed by atoms with Crippen molar-refractivity contribution in [2.45, 2.75) is 33.3 Å². The Morgan fingerprint density at radius 3 is 2.57 bits per heavy atom. The maximum Gasteiger partial charge on any atom is 0.308 e. The van der Waals surface area contributed by atoms with E-state index in [0.717, 1.165) is 0 Å². The van der Waals surface area contributed by atoms with Gasteiger partial charge in [0, 0.05) is 19.6 Å². The number of nitrogens with one attached hydrogen (secondary N) is 1. The Bertz CT molecular complexity index is 588. The van der Waals surface area contributed by atoms with Gasteiger partial charge in [0.05, 0.1) is 11.3 Å². The van der Waals surface area contributed by atoms with Gasteiger partial charge in [0.15, 0.2) is 0 Å². The van der Waals surface area contributed by atoms with Crippen LogP contribution in [0.15, 0.2) is 18.2 Å². The quantitative estimate of drug-likeness (QED) is 0.663. The smallest absolute Gasteiger partial charge is 0.308 e. The summed E-state index contributed by atoms with van der Waals surface area (Å²) in [5.41, 5.74) is -0.462. The molecule has 112 valence electrons. The number of rotatable bonds is 5. The lowest BCUT2D eigenvalue weighted by Crippen LogP contribution is -2.40. The van der Waals surface area contributed by atoms with Gasteiger partial charge in [0.25, 0.3) is 5.91 Å². The number of nitrogens with zero attached hydrogens (tertiary/aromatic N) is 1. The predicted octanol–water partition coefficient (Wildman–Crippen LogP) is 2.24. The van der Waals surface area contributed by atoms with E-state index < -0.39 is 11.6 Å². The molecule has 0 aromatic heterocycles. The number of esters is 1. The minimum atomic E-state index is -1.00. The third kappa shape index (κ3) is 4.58. The average Bonchev–Trinajstić information content (AvgIpc) is 2.39. The van der Waals surface area contributed by atoms with Gasteiger partial charge in [-0.25, -0.2) is 0 Å². The molecule has 6 nitrogen and oxygen atoms in total. The number of nitriles is 1. The van der Waals surface area contributed by atoms with Gasteiger partial charge in [0.1, 0.15) is 17.4 Å². The van der Waals surface area contributed by atoms with Crippen molar-refractivity contribution in [2.75, 3.05) is 11.9 Å². The zero-order chi connectivity index (χ0) is 16.0. The molecule has 0 aliphatic heterocycles. The van der Waals surface area contributed by atoms with Crippen molar-refractivity contribution in [3.8, 4) is 11.8 Å². The van der Waals surface area contributed by atoms with Crippen molar-refractivity contribution in [3.05, 3.63) is 23.8 Å². The molecule has 0 saturated carbocycles. The molecule has 0 aliphatic rings. The lowest BCUT2D eigenvalue weighted by molar-refractivity contribution is -0.136. The molecule has 0 aliphatic carbocycles. The summed E-state index contributed by atoms with van der Waals surface area (Å²) in [6.07, 6.45) is 0. The number of carbonyl (C=O) groups excluding carboxylic acids is 2. The Morgan fingerprint density at radius 2 is 2.05 bits per heavy atom. The summed E-state index contributed by atoms with van der Waals surface area (Å²) in [5, 5.41) is 11.8. The third-order valence-corrected chi connectivity index (χ3v) is 2.67. The van der Waals surface area contributed by atoms with E-state index >= 15 is 0 Å². The van der Waals surface area contributed by atoms with Crippen LogP contribution < -0.4 is 10.1 Å². The summed E-state index contributed by atoms with van der Waals surface area (Å²) in [6.45, 7) is 6.75. The Morgan fingerprint density at radius 1 is 1.38 bits per heavy atom. The van der Waals surface area contributed by atoms with Crippen LogP contribution in [0.5, 0.6) is 5.75 Å². The number of carbonyl (C=O) groups is 2. The molecule has 0 bridgehead atoms. The van der Waals surface area contributed by atoms with Crippen LogP contribution in [0.25, 0.3) is 0 Å². The van der Waals surface area contributed by atoms with Crippen molar-refractivity contribution in [3.63, 3.8) is 0 Å². The molecule has 1 aromatic carbocycles. The zero-order valence-electron chi connectivity index (χ0n) is 12.5. The van der Waals surface area contributed by atoms with E-state index in [-0.39, 0.29) is 17.2 Å². The van der Waals surface area contributed by atoms with Gasteiger partial charge in [-0.05, 0) is 32.9 Å². The van der Waals surface area contributed by atoms with Gasteiger partial charge in [-0.3, -0.25) is 9.59 Å². The Balaban J connectivity index is 2.97. The van der Waals surface area contributed by atoms with Crippen molar-refractivity contribution >= 4 is 17.6 Å². The van der Waals surface area contributed by atoms with Crippen LogP contribution in [0.1, 0.15) is 33.3 Å². The van der Waals surface area contributed by atoms with Crippen LogP contribution in [0.3, 0.4) is 0 Å². The number of anilines is 1. The van der Waals surface area contributed by atoms with Crippen LogP contribution in [0.2, 0.25) is 0 Å². The summed E-state index contributed by atoms with van der Waals surface area (Å²) in [4.78, 5) is 23.0. The monoisotopic (exact) mass is 290 g/mol. The summed E-state index contributed by atoms with van der Waals surface area (Å²) in [6, 6.07) is 6.36. The van der Waals surface area contributed by atoms with Gasteiger partial charge in [-0.2, -0.15) is 5.26 Å². The minimum absolute atomic E-state index is 0.203. The van der Waals surface area contributed by atoms with E-state index in [1.54, 1.807) is 20.8 Å². The van der Waals surface area contributed by atoms with Gasteiger partial charge in [0.2, 0.25) is 0 Å². The fourth-order valence-electron chi connectivity index (χ4n) is 1.65. The minimum Gasteiger partial charge on any atom is -0.427 e. The first-order chi connectivity index (χ1) is 9.80. The zero-order valence-corrected chi connectivity index (χ0v) is 12.5. The second kappa shape index (κ2) is 6.86. The van der Waals surface area contributed by atoms with Gasteiger partial charge in [-0.15, -0.1) is 0 Å². The van der Waals surface area contributed by atoms with Gasteiger partial charge >= 0.3 is 5.97 Å². The highest BCUT2D eigenvalue weighted by Crippen LogP contribution is 2.23. The van der Waals surface area contributed by atoms with E-state index in [0.29, 0.717) is 12.3 Å². The molecule has 6 heteroatoms. The molecule has 0 fully saturated rings. The maximum atomic E-state index is 12.1. The molecule has 0 heterocycles. The first-order valence-corrected chi connectivity index (χ1v) is 6.48. The average molecular weight is 290 g/mol. The SMILES string of the molecule is CCOC(C)(C)C(=O)Nc1ccc(OC(C)=O)cc1C#N. The fraction of sp³-hybridized carbons (Fsp3) is 0.400. The first-order valence-electron chi connectivity index (χ1n) is 6.48. The molecule has 1 amide bonds. The number of amides is 1. The highest BCUT2D eigenvalue weighted by molar-refractivity contribution is 5.97. The normalized spacial score (nSPS) is 10.6. The van der Waals surface area contributed by atoms with Crippen molar-refractivity contribution in [1.82, 2.24) is 0 Å². The fourth-order valence-corrected chi connectivity index (χ4v) is 1.65. The molecule has 0 spiro atoms. The first kappa shape index (κ1) is 16.7. The lowest BCUT2D eigenvalue weighted by Gasteiger charge is -2.23.